The van der Waals surface area contributed by atoms with Gasteiger partial charge in [0.15, 0.2) is 0 Å². The van der Waals surface area contributed by atoms with Crippen LogP contribution in [0.25, 0.3) is 0 Å². The molecule has 0 radical (unpaired) electrons. The highest BCUT2D eigenvalue weighted by Crippen LogP contribution is 2.09. The number of rotatable bonds is 1. The van der Waals surface area contributed by atoms with Gasteiger partial charge in [0.2, 0.25) is 0 Å². The van der Waals surface area contributed by atoms with Gasteiger partial charge >= 0.3 is 0 Å². The minimum Gasteiger partial charge on any atom is -0.324 e. The second-order valence-corrected chi connectivity index (χ2v) is 2.52. The Hall–Kier alpha value is -1.33. The average molecular weight is 146 g/mol. The molecule has 1 atom stereocenters. The van der Waals surface area contributed by atoms with Crippen molar-refractivity contribution in [3.8, 4) is 6.07 Å². The van der Waals surface area contributed by atoms with Crippen LogP contribution in [0, 0.1) is 11.3 Å². The fourth-order valence-electron chi connectivity index (χ4n) is 0.861. The molecular formula is C9H10N2. The Kier molecular flexibility index (Phi) is 2.25. The smallest absolute Gasteiger partial charge is 0.0991 e. The number of nitrogens with two attached hydrogens (primary N) is 1. The summed E-state index contributed by atoms with van der Waals surface area (Å²) in [5.41, 5.74) is 7.36. The molecule has 0 heterocycles. The fourth-order valence-corrected chi connectivity index (χ4v) is 0.861. The molecule has 1 aromatic rings. The van der Waals surface area contributed by atoms with Crippen LogP contribution in [0.2, 0.25) is 0 Å². The highest BCUT2D eigenvalue weighted by Gasteiger charge is 1.97. The molecule has 11 heavy (non-hydrogen) atoms. The van der Waals surface area contributed by atoms with Gasteiger partial charge in [0, 0.05) is 6.04 Å². The van der Waals surface area contributed by atoms with Gasteiger partial charge in [-0.15, -0.1) is 0 Å². The van der Waals surface area contributed by atoms with Gasteiger partial charge in [-0.3, -0.25) is 0 Å². The number of hydrogen-bond acceptors (Lipinski definition) is 2. The Labute approximate surface area is 66.3 Å². The van der Waals surface area contributed by atoms with E-state index >= 15 is 0 Å². The minimum absolute atomic E-state index is 0.0442. The van der Waals surface area contributed by atoms with Gasteiger partial charge < -0.3 is 5.73 Å². The standard InChI is InChI=1S/C9H10N2/c1-7(11)9-4-2-8(6-10)3-5-9/h2-5,7H,11H2,1H3. The Morgan fingerprint density at radius 1 is 1.36 bits per heavy atom. The molecule has 0 saturated carbocycles. The van der Waals surface area contributed by atoms with E-state index in [0.717, 1.165) is 5.56 Å². The lowest BCUT2D eigenvalue weighted by atomic mass is 10.1. The molecule has 1 rings (SSSR count). The molecule has 0 saturated heterocycles. The molecule has 56 valence electrons. The maximum Gasteiger partial charge on any atom is 0.0991 e. The van der Waals surface area contributed by atoms with Crippen LogP contribution in [0.1, 0.15) is 24.1 Å². The molecule has 0 bridgehead atoms. The average Bonchev–Trinajstić information content (AvgIpc) is 2.05. The highest BCUT2D eigenvalue weighted by atomic mass is 14.6. The first-order valence-electron chi connectivity index (χ1n) is 3.49. The lowest BCUT2D eigenvalue weighted by Crippen LogP contribution is -2.04. The fraction of sp³-hybridized carbons (Fsp3) is 0.222. The van der Waals surface area contributed by atoms with Gasteiger partial charge in [-0.05, 0) is 24.6 Å². The van der Waals surface area contributed by atoms with Crippen molar-refractivity contribution in [1.82, 2.24) is 0 Å². The molecule has 2 heteroatoms. The third-order valence-corrected chi connectivity index (χ3v) is 1.57. The van der Waals surface area contributed by atoms with Crippen molar-refractivity contribution in [3.05, 3.63) is 35.4 Å². The van der Waals surface area contributed by atoms with E-state index in [1.54, 1.807) is 12.1 Å². The molecule has 0 fully saturated rings. The maximum absolute atomic E-state index is 8.49. The SMILES string of the molecule is CC(N)c1ccc(C#N)cc1. The number of nitrogens with zero attached hydrogens (tertiary/aromatic N) is 1. The van der Waals surface area contributed by atoms with Crippen molar-refractivity contribution in [1.29, 1.82) is 5.26 Å². The largest absolute Gasteiger partial charge is 0.324 e. The number of benzene rings is 1. The Balaban J connectivity index is 2.94. The molecule has 1 unspecified atom stereocenters. The van der Waals surface area contributed by atoms with E-state index < -0.39 is 0 Å². The van der Waals surface area contributed by atoms with Crippen molar-refractivity contribution in [2.45, 2.75) is 13.0 Å². The monoisotopic (exact) mass is 146 g/mol. The Morgan fingerprint density at radius 3 is 2.27 bits per heavy atom. The van der Waals surface area contributed by atoms with Crippen LogP contribution >= 0.6 is 0 Å². The summed E-state index contributed by atoms with van der Waals surface area (Å²) in [7, 11) is 0. The van der Waals surface area contributed by atoms with E-state index in [-0.39, 0.29) is 6.04 Å². The maximum atomic E-state index is 8.49. The molecule has 2 nitrogen and oxygen atoms in total. The van der Waals surface area contributed by atoms with Gasteiger partial charge in [0.1, 0.15) is 0 Å². The van der Waals surface area contributed by atoms with Crippen molar-refractivity contribution in [3.63, 3.8) is 0 Å². The van der Waals surface area contributed by atoms with E-state index in [9.17, 15) is 0 Å². The molecule has 0 aliphatic rings. The summed E-state index contributed by atoms with van der Waals surface area (Å²) in [6.45, 7) is 1.92. The molecular weight excluding hydrogens is 136 g/mol. The summed E-state index contributed by atoms with van der Waals surface area (Å²) in [6, 6.07) is 9.41. The normalized spacial score (nSPS) is 12.1. The van der Waals surface area contributed by atoms with Crippen LogP contribution in [-0.4, -0.2) is 0 Å². The summed E-state index contributed by atoms with van der Waals surface area (Å²) in [4.78, 5) is 0. The third kappa shape index (κ3) is 1.79. The van der Waals surface area contributed by atoms with E-state index in [1.165, 1.54) is 0 Å². The molecule has 0 spiro atoms. The topological polar surface area (TPSA) is 49.8 Å². The summed E-state index contributed by atoms with van der Waals surface area (Å²) in [6.07, 6.45) is 0. The van der Waals surface area contributed by atoms with Crippen molar-refractivity contribution in [2.75, 3.05) is 0 Å². The second kappa shape index (κ2) is 3.18. The van der Waals surface area contributed by atoms with Crippen LogP contribution in [-0.2, 0) is 0 Å². The van der Waals surface area contributed by atoms with Crippen molar-refractivity contribution < 1.29 is 0 Å². The zero-order valence-electron chi connectivity index (χ0n) is 6.41. The zero-order valence-corrected chi connectivity index (χ0v) is 6.41. The Bertz CT molecular complexity index is 267. The minimum atomic E-state index is 0.0442. The molecule has 0 aliphatic carbocycles. The first-order valence-corrected chi connectivity index (χ1v) is 3.49. The van der Waals surface area contributed by atoms with E-state index in [0.29, 0.717) is 5.56 Å². The summed E-state index contributed by atoms with van der Waals surface area (Å²) >= 11 is 0. The first kappa shape index (κ1) is 7.77. The zero-order chi connectivity index (χ0) is 8.27. The van der Waals surface area contributed by atoms with Gasteiger partial charge in [0.25, 0.3) is 0 Å². The van der Waals surface area contributed by atoms with Crippen LogP contribution in [0.4, 0.5) is 0 Å². The molecule has 0 aliphatic heterocycles. The molecule has 0 aromatic heterocycles. The molecule has 0 amide bonds. The summed E-state index contributed by atoms with van der Waals surface area (Å²) in [5.74, 6) is 0. The number of nitriles is 1. The molecule has 1 aromatic carbocycles. The quantitative estimate of drug-likeness (QED) is 0.653. The van der Waals surface area contributed by atoms with Crippen LogP contribution in [0.15, 0.2) is 24.3 Å². The Morgan fingerprint density at radius 2 is 1.91 bits per heavy atom. The van der Waals surface area contributed by atoms with E-state index in [4.69, 9.17) is 11.0 Å². The van der Waals surface area contributed by atoms with E-state index in [1.807, 2.05) is 19.1 Å². The van der Waals surface area contributed by atoms with Gasteiger partial charge in [-0.1, -0.05) is 12.1 Å². The lowest BCUT2D eigenvalue weighted by Gasteiger charge is -2.03. The van der Waals surface area contributed by atoms with Crippen molar-refractivity contribution >= 4 is 0 Å². The predicted molar refractivity (Wildman–Crippen MR) is 43.8 cm³/mol. The number of hydrogen-bond donors (Lipinski definition) is 1. The van der Waals surface area contributed by atoms with Crippen molar-refractivity contribution in [2.24, 2.45) is 5.73 Å². The van der Waals surface area contributed by atoms with Crippen LogP contribution < -0.4 is 5.73 Å². The highest BCUT2D eigenvalue weighted by molar-refractivity contribution is 5.32. The van der Waals surface area contributed by atoms with Crippen LogP contribution in [0.5, 0.6) is 0 Å². The third-order valence-electron chi connectivity index (χ3n) is 1.57. The van der Waals surface area contributed by atoms with Gasteiger partial charge in [0.05, 0.1) is 11.6 Å². The van der Waals surface area contributed by atoms with Gasteiger partial charge in [-0.2, -0.15) is 5.26 Å². The summed E-state index contributed by atoms with van der Waals surface area (Å²) < 4.78 is 0. The van der Waals surface area contributed by atoms with Gasteiger partial charge in [-0.25, -0.2) is 0 Å². The van der Waals surface area contributed by atoms with Crippen LogP contribution in [0.3, 0.4) is 0 Å². The second-order valence-electron chi connectivity index (χ2n) is 2.52. The first-order chi connectivity index (χ1) is 5.24. The molecule has 2 N–H and O–H groups in total. The lowest BCUT2D eigenvalue weighted by molar-refractivity contribution is 0.818. The van der Waals surface area contributed by atoms with E-state index in [2.05, 4.69) is 6.07 Å². The predicted octanol–water partition coefficient (Wildman–Crippen LogP) is 1.58. The summed E-state index contributed by atoms with van der Waals surface area (Å²) in [5, 5.41) is 8.49.